The zero-order chi connectivity index (χ0) is 34.2. The third-order valence-electron chi connectivity index (χ3n) is 10.6. The lowest BCUT2D eigenvalue weighted by Crippen LogP contribution is -2.31. The van der Waals surface area contributed by atoms with Crippen LogP contribution in [-0.4, -0.2) is 16.3 Å². The molecule has 1 atom stereocenters. The minimum absolute atomic E-state index is 0.0209. The molecule has 7 aromatic carbocycles. The number of para-hydroxylation sites is 1. The number of dihydropyridines is 2. The van der Waals surface area contributed by atoms with Crippen molar-refractivity contribution < 1.29 is 0 Å². The molecule has 0 aliphatic carbocycles. The molecule has 4 heteroatoms. The van der Waals surface area contributed by atoms with E-state index >= 15 is 0 Å². The standard InChI is InChI=1S/C48H31N3S/c1-2-11-30(12-3-1)32-13-10-14-33(29-32)40-26-28-41-42(50-40)27-25-39(49-41)31-21-23-34(24-22-31)51-43-19-8-6-17-37(43)45-35-15-4-5-16-36(35)46-38-18-7-9-20-44(38)52-48(46)47(45)51/h1-29,41,49H. The monoisotopic (exact) mass is 681 g/mol. The normalized spacial score (nSPS) is 15.5. The molecule has 11 rings (SSSR count). The van der Waals surface area contributed by atoms with Gasteiger partial charge in [-0.15, -0.1) is 11.3 Å². The van der Waals surface area contributed by atoms with Gasteiger partial charge in [0.2, 0.25) is 0 Å². The summed E-state index contributed by atoms with van der Waals surface area (Å²) in [6.07, 6.45) is 8.69. The van der Waals surface area contributed by atoms with Gasteiger partial charge in [-0.05, 0) is 76.0 Å². The van der Waals surface area contributed by atoms with Crippen LogP contribution in [0.1, 0.15) is 11.1 Å². The molecule has 2 aliphatic heterocycles. The highest BCUT2D eigenvalue weighted by atomic mass is 32.1. The summed E-state index contributed by atoms with van der Waals surface area (Å²) in [5.74, 6) is 0. The van der Waals surface area contributed by atoms with Gasteiger partial charge in [-0.2, -0.15) is 0 Å². The fourth-order valence-electron chi connectivity index (χ4n) is 8.19. The highest BCUT2D eigenvalue weighted by Crippen LogP contribution is 2.47. The van der Waals surface area contributed by atoms with Crippen LogP contribution >= 0.6 is 11.3 Å². The van der Waals surface area contributed by atoms with Gasteiger partial charge < -0.3 is 9.88 Å². The third-order valence-corrected chi connectivity index (χ3v) is 11.8. The van der Waals surface area contributed by atoms with Crippen molar-refractivity contribution in [3.05, 3.63) is 193 Å². The Balaban J connectivity index is 0.995. The summed E-state index contributed by atoms with van der Waals surface area (Å²) in [6, 6.07) is 54.8. The van der Waals surface area contributed by atoms with Crippen LogP contribution in [0.4, 0.5) is 0 Å². The van der Waals surface area contributed by atoms with E-state index in [1.807, 2.05) is 11.3 Å². The summed E-state index contributed by atoms with van der Waals surface area (Å²) in [6.45, 7) is 0. The fraction of sp³-hybridized carbons (Fsp3) is 0.0208. The summed E-state index contributed by atoms with van der Waals surface area (Å²) in [4.78, 5) is 5.09. The Morgan fingerprint density at radius 2 is 1.25 bits per heavy atom. The average Bonchev–Trinajstić information content (AvgIpc) is 3.78. The lowest BCUT2D eigenvalue weighted by molar-refractivity contribution is 0.785. The number of thiophene rings is 1. The summed E-state index contributed by atoms with van der Waals surface area (Å²) in [7, 11) is 0. The molecule has 0 bridgehead atoms. The molecule has 244 valence electrons. The molecule has 0 saturated carbocycles. The lowest BCUT2D eigenvalue weighted by atomic mass is 9.97. The van der Waals surface area contributed by atoms with E-state index in [0.29, 0.717) is 0 Å². The van der Waals surface area contributed by atoms with Crippen LogP contribution < -0.4 is 5.32 Å². The predicted octanol–water partition coefficient (Wildman–Crippen LogP) is 12.2. The number of rotatable bonds is 4. The molecule has 2 aliphatic rings. The van der Waals surface area contributed by atoms with Gasteiger partial charge in [0.25, 0.3) is 0 Å². The Kier molecular flexibility index (Phi) is 6.48. The minimum atomic E-state index is 0.0209. The molecule has 0 spiro atoms. The Hall–Kier alpha value is -6.49. The van der Waals surface area contributed by atoms with Crippen molar-refractivity contribution in [2.45, 2.75) is 6.04 Å². The number of allylic oxidation sites excluding steroid dienone is 3. The van der Waals surface area contributed by atoms with Crippen molar-refractivity contribution in [1.82, 2.24) is 9.88 Å². The van der Waals surface area contributed by atoms with E-state index in [-0.39, 0.29) is 6.04 Å². The van der Waals surface area contributed by atoms with E-state index in [1.54, 1.807) is 0 Å². The van der Waals surface area contributed by atoms with Crippen molar-refractivity contribution in [3.63, 3.8) is 0 Å². The predicted molar refractivity (Wildman–Crippen MR) is 222 cm³/mol. The van der Waals surface area contributed by atoms with Crippen molar-refractivity contribution in [2.24, 2.45) is 4.99 Å². The van der Waals surface area contributed by atoms with Gasteiger partial charge in [-0.3, -0.25) is 4.99 Å². The molecular weight excluding hydrogens is 651 g/mol. The van der Waals surface area contributed by atoms with E-state index < -0.39 is 0 Å². The van der Waals surface area contributed by atoms with Gasteiger partial charge in [0.15, 0.2) is 0 Å². The Morgan fingerprint density at radius 1 is 0.558 bits per heavy atom. The summed E-state index contributed by atoms with van der Waals surface area (Å²) >= 11 is 1.90. The molecule has 52 heavy (non-hydrogen) atoms. The van der Waals surface area contributed by atoms with Gasteiger partial charge in [0.05, 0.1) is 33.2 Å². The van der Waals surface area contributed by atoms with Gasteiger partial charge >= 0.3 is 0 Å². The van der Waals surface area contributed by atoms with Crippen molar-refractivity contribution in [2.75, 3.05) is 0 Å². The topological polar surface area (TPSA) is 29.3 Å². The molecule has 3 nitrogen and oxygen atoms in total. The molecule has 0 saturated heterocycles. The van der Waals surface area contributed by atoms with Crippen LogP contribution in [0.5, 0.6) is 0 Å². The highest BCUT2D eigenvalue weighted by Gasteiger charge is 2.23. The maximum atomic E-state index is 5.09. The van der Waals surface area contributed by atoms with Gasteiger partial charge in [-0.1, -0.05) is 127 Å². The second-order valence-corrected chi connectivity index (χ2v) is 14.6. The summed E-state index contributed by atoms with van der Waals surface area (Å²) in [5.41, 5.74) is 11.4. The SMILES string of the molecule is C1=CC2NC(c3ccc(-n4c5ccccc5c5c6ccccc6c6c7ccccc7sc6c54)cc3)=CC=C2N=C1c1cccc(-c2ccccc2)c1. The van der Waals surface area contributed by atoms with Crippen molar-refractivity contribution >= 4 is 75.5 Å². The van der Waals surface area contributed by atoms with Gasteiger partial charge in [0, 0.05) is 43.2 Å². The second-order valence-electron chi connectivity index (χ2n) is 13.6. The summed E-state index contributed by atoms with van der Waals surface area (Å²) in [5, 5.41) is 11.6. The Bertz CT molecular complexity index is 3030. The molecule has 0 amide bonds. The van der Waals surface area contributed by atoms with Crippen LogP contribution in [0, 0.1) is 0 Å². The highest BCUT2D eigenvalue weighted by molar-refractivity contribution is 7.27. The number of aromatic nitrogens is 1. The fourth-order valence-corrected chi connectivity index (χ4v) is 9.45. The largest absolute Gasteiger partial charge is 0.373 e. The maximum Gasteiger partial charge on any atom is 0.0874 e. The maximum absolute atomic E-state index is 5.09. The second kappa shape index (κ2) is 11.5. The first-order valence-electron chi connectivity index (χ1n) is 17.8. The minimum Gasteiger partial charge on any atom is -0.373 e. The van der Waals surface area contributed by atoms with Crippen LogP contribution in [0.25, 0.3) is 75.3 Å². The Morgan fingerprint density at radius 3 is 2.10 bits per heavy atom. The average molecular weight is 682 g/mol. The van der Waals surface area contributed by atoms with E-state index in [4.69, 9.17) is 4.99 Å². The first-order valence-corrected chi connectivity index (χ1v) is 18.6. The number of hydrogen-bond donors (Lipinski definition) is 1. The number of hydrogen-bond acceptors (Lipinski definition) is 3. The van der Waals surface area contributed by atoms with Crippen LogP contribution in [0.2, 0.25) is 0 Å². The molecule has 0 fully saturated rings. The van der Waals surface area contributed by atoms with Crippen molar-refractivity contribution in [3.8, 4) is 16.8 Å². The van der Waals surface area contributed by atoms with Crippen LogP contribution in [0.15, 0.2) is 187 Å². The van der Waals surface area contributed by atoms with Crippen molar-refractivity contribution in [1.29, 1.82) is 0 Å². The van der Waals surface area contributed by atoms with Gasteiger partial charge in [-0.25, -0.2) is 0 Å². The zero-order valence-electron chi connectivity index (χ0n) is 28.1. The van der Waals surface area contributed by atoms with Crippen LogP contribution in [-0.2, 0) is 0 Å². The summed E-state index contributed by atoms with van der Waals surface area (Å²) < 4.78 is 5.13. The first kappa shape index (κ1) is 29.3. The zero-order valence-corrected chi connectivity index (χ0v) is 28.9. The number of nitrogens with one attached hydrogen (secondary N) is 1. The van der Waals surface area contributed by atoms with E-state index in [0.717, 1.165) is 33.9 Å². The molecule has 0 radical (unpaired) electrons. The van der Waals surface area contributed by atoms with E-state index in [1.165, 1.54) is 63.9 Å². The van der Waals surface area contributed by atoms with Crippen LogP contribution in [0.3, 0.4) is 0 Å². The molecule has 4 heterocycles. The smallest absolute Gasteiger partial charge is 0.0874 e. The Labute approximate surface area is 304 Å². The number of benzene rings is 7. The van der Waals surface area contributed by atoms with Gasteiger partial charge in [0.1, 0.15) is 0 Å². The number of aliphatic imine (C=N–C) groups is 1. The number of fused-ring (bicyclic) bond motifs is 11. The first-order chi connectivity index (χ1) is 25.8. The number of nitrogens with zero attached hydrogens (tertiary/aromatic N) is 2. The quantitative estimate of drug-likeness (QED) is 0.197. The molecule has 1 N–H and O–H groups in total. The molecular formula is C48H31N3S. The lowest BCUT2D eigenvalue weighted by Gasteiger charge is -2.26. The molecule has 2 aromatic heterocycles. The van der Waals surface area contributed by atoms with E-state index in [9.17, 15) is 0 Å². The third kappa shape index (κ3) is 4.48. The molecule has 9 aromatic rings. The van der Waals surface area contributed by atoms with E-state index in [2.05, 4.69) is 186 Å². The molecule has 1 unspecified atom stereocenters.